The fraction of sp³-hybridized carbons (Fsp3) is 0.455. The first-order valence-corrected chi connectivity index (χ1v) is 47.7. The van der Waals surface area contributed by atoms with Gasteiger partial charge in [0.2, 0.25) is 41.1 Å². The maximum absolute atomic E-state index is 13.1. The Hall–Kier alpha value is -12.0. The quantitative estimate of drug-likeness (QED) is 0.0131. The summed E-state index contributed by atoms with van der Waals surface area (Å²) in [5, 5.41) is 40.8. The molecule has 37 heteroatoms. The number of carboxylic acids is 1. The molecule has 0 aliphatic carbocycles. The molecule has 5 aliphatic heterocycles. The molecule has 8 N–H and O–H groups in total. The van der Waals surface area contributed by atoms with Crippen molar-refractivity contribution >= 4 is 118 Å². The summed E-state index contributed by atoms with van der Waals surface area (Å²) in [6, 6.07) is 43.4. The van der Waals surface area contributed by atoms with Gasteiger partial charge < -0.3 is 99.6 Å². The Morgan fingerprint density at radius 3 is 1.04 bits per heavy atom. The standard InChI is InChI=1S/C24H29N3O4S.C24H27N3O4S.C19H29N3O5.C17H24N2O5.C15H17N3O2S/c2*1-25-19(22(28)23-26-18-6-4-5-7-21(18)32-23)12-15-10-11-27(24(15)29)14-16-8-9-17(30-2)13-20(16)31-3;1-20-16(19(24)21(2)27-5)10-13-8-9-22(18(13)23)12-14-6-7-15(25-3)11-17(14)26-4;1-18-14(17(21)22)8-11-6-7-19(16(11)20)10-12-4-5-13(23-2)9-15(12)24-3;1-16-11(8-9-6-7-17-14(9)20)13(19)15-18-10-4-2-3-5-12(10)21-15/h4-9,13,15,19,22,25,28H,10-12,14H2,1-3H3;4-9,13,15,19,25H,10-12,14H2,1-3H3;6-7,11,13,16,20H,8-10,12H2,1-5H3;4-5,9,11,14,18H,6-8,10H2,1-3H3,(H,21,22);2-5,9,11,16H,6-8H2,1H3,(H,17,20)/t15-,19-,22?;15-,19-;13-,16-;11-,14-;9-,11-/m00000/s1. The molecular weight excluding hydrogens is 1800 g/mol. The molecule has 15 rings (SSSR count). The summed E-state index contributed by atoms with van der Waals surface area (Å²) in [4.78, 5) is 138. The molecule has 11 atom stereocenters. The molecular formula is C99H126N14O20S3. The number of aliphatic hydroxyl groups is 1. The molecule has 5 saturated heterocycles. The van der Waals surface area contributed by atoms with Crippen LogP contribution in [0, 0.1) is 29.6 Å². The molecule has 0 radical (unpaired) electrons. The Labute approximate surface area is 804 Å². The van der Waals surface area contributed by atoms with Crippen LogP contribution in [0.3, 0.4) is 0 Å². The fourth-order valence-electron chi connectivity index (χ4n) is 17.3. The molecule has 730 valence electrons. The number of likely N-dealkylation sites (tertiary alicyclic amines) is 4. The second-order valence-electron chi connectivity index (χ2n) is 33.4. The van der Waals surface area contributed by atoms with Crippen molar-refractivity contribution in [1.29, 1.82) is 0 Å². The molecule has 5 aliphatic rings. The predicted octanol–water partition coefficient (Wildman–Crippen LogP) is 10.7. The van der Waals surface area contributed by atoms with Gasteiger partial charge in [-0.05, 0) is 184 Å². The number of aliphatic hydroxyl groups excluding tert-OH is 1. The number of aromatic nitrogens is 3. The predicted molar refractivity (Wildman–Crippen MR) is 521 cm³/mol. The van der Waals surface area contributed by atoms with Crippen molar-refractivity contribution in [1.82, 2.24) is 71.5 Å². The van der Waals surface area contributed by atoms with Crippen LogP contribution < -0.4 is 69.8 Å². The second kappa shape index (κ2) is 50.7. The average molecular weight is 1930 g/mol. The lowest BCUT2D eigenvalue weighted by Crippen LogP contribution is -2.45. The van der Waals surface area contributed by atoms with Crippen molar-refractivity contribution in [2.24, 2.45) is 29.6 Å². The first-order chi connectivity index (χ1) is 65.7. The third-order valence-electron chi connectivity index (χ3n) is 25.4. The lowest BCUT2D eigenvalue weighted by molar-refractivity contribution is -0.171. The van der Waals surface area contributed by atoms with Gasteiger partial charge in [-0.3, -0.25) is 48.0 Å². The Balaban J connectivity index is 0.000000165. The third kappa shape index (κ3) is 26.6. The van der Waals surface area contributed by atoms with Gasteiger partial charge in [-0.2, -0.15) is 0 Å². The number of carboxylic acid groups (broad SMARTS) is 1. The molecule has 8 heterocycles. The minimum atomic E-state index is -0.930. The third-order valence-corrected chi connectivity index (χ3v) is 28.6. The number of benzene rings is 7. The first kappa shape index (κ1) is 104. The smallest absolute Gasteiger partial charge is 0.320 e. The summed E-state index contributed by atoms with van der Waals surface area (Å²) in [6.07, 6.45) is 5.21. The number of fused-ring (bicyclic) bond motifs is 3. The fourth-order valence-corrected chi connectivity index (χ4v) is 20.3. The molecule has 0 bridgehead atoms. The number of para-hydroxylation sites is 3. The zero-order valence-electron chi connectivity index (χ0n) is 79.7. The molecule has 5 fully saturated rings. The van der Waals surface area contributed by atoms with E-state index in [1.54, 1.807) is 103 Å². The Kier molecular flexibility index (Phi) is 38.9. The van der Waals surface area contributed by atoms with Crippen LogP contribution in [0.25, 0.3) is 30.6 Å². The lowest BCUT2D eigenvalue weighted by Gasteiger charge is -2.24. The number of hydroxylamine groups is 2. The van der Waals surface area contributed by atoms with Crippen LogP contribution in [-0.4, -0.2) is 272 Å². The van der Waals surface area contributed by atoms with E-state index in [4.69, 9.17) is 47.8 Å². The second-order valence-corrected chi connectivity index (χ2v) is 36.6. The van der Waals surface area contributed by atoms with Gasteiger partial charge >= 0.3 is 5.97 Å². The molecule has 1 unspecified atom stereocenters. The number of carbonyl (C=O) groups excluding carboxylic acids is 8. The van der Waals surface area contributed by atoms with Crippen LogP contribution >= 0.6 is 34.0 Å². The van der Waals surface area contributed by atoms with Crippen LogP contribution in [0.4, 0.5) is 0 Å². The van der Waals surface area contributed by atoms with Gasteiger partial charge in [0.25, 0.3) is 5.91 Å². The molecule has 3 aromatic heterocycles. The SMILES string of the molecule is CN[C@@H](C[C@@H]1CCN(Cc2ccc(OC)cc2OC)C1=O)C(=O)N(C)OC.CN[C@@H](C[C@@H]1CCN(Cc2ccc(OC)cc2OC)C1=O)C(=O)O.CN[C@@H](C[C@@H]1CCN(Cc2ccc(OC)cc2OC)C1=O)C(=O)c1nc2ccccc2s1.CN[C@@H](C[C@@H]1CCN(Cc2ccc(OC)cc2OC)C1=O)C(O)c1nc2ccccc2s1.CN[C@@H](C[C@@H]1CCNC1=O)C(=O)c1nc2ccccc2s1. The molecule has 136 heavy (non-hydrogen) atoms. The van der Waals surface area contributed by atoms with Crippen molar-refractivity contribution in [2.45, 2.75) is 127 Å². The van der Waals surface area contributed by atoms with Gasteiger partial charge in [-0.25, -0.2) is 20.0 Å². The summed E-state index contributed by atoms with van der Waals surface area (Å²) in [6.45, 7) is 5.20. The first-order valence-electron chi connectivity index (χ1n) is 45.2. The maximum atomic E-state index is 13.1. The summed E-state index contributed by atoms with van der Waals surface area (Å²) in [7, 11) is 24.5. The highest BCUT2D eigenvalue weighted by atomic mass is 32.1. The number of hydrogen-bond acceptors (Lipinski definition) is 30. The lowest BCUT2D eigenvalue weighted by atomic mass is 9.95. The Morgan fingerprint density at radius 2 is 0.735 bits per heavy atom. The van der Waals surface area contributed by atoms with Gasteiger partial charge in [0.1, 0.15) is 63.1 Å². The molecule has 0 spiro atoms. The van der Waals surface area contributed by atoms with Gasteiger partial charge in [0, 0.05) is 148 Å². The van der Waals surface area contributed by atoms with Crippen molar-refractivity contribution in [3.05, 3.63) is 183 Å². The number of ketones is 2. The highest BCUT2D eigenvalue weighted by Crippen LogP contribution is 2.39. The zero-order valence-corrected chi connectivity index (χ0v) is 82.1. The van der Waals surface area contributed by atoms with E-state index in [1.165, 1.54) is 46.2 Å². The van der Waals surface area contributed by atoms with Gasteiger partial charge in [0.05, 0.1) is 113 Å². The van der Waals surface area contributed by atoms with E-state index in [-0.39, 0.29) is 88.7 Å². The number of Topliss-reactive ketones (excluding diaryl/α,β-unsaturated/α-hetero) is 2. The van der Waals surface area contributed by atoms with Crippen LogP contribution in [-0.2, 0) is 64.6 Å². The molecule has 34 nitrogen and oxygen atoms in total. The number of nitrogens with zero attached hydrogens (tertiary/aromatic N) is 8. The largest absolute Gasteiger partial charge is 0.497 e. The monoisotopic (exact) mass is 1930 g/mol. The van der Waals surface area contributed by atoms with Crippen LogP contribution in [0.2, 0.25) is 0 Å². The van der Waals surface area contributed by atoms with E-state index in [0.29, 0.717) is 153 Å². The van der Waals surface area contributed by atoms with Crippen LogP contribution in [0.5, 0.6) is 46.0 Å². The number of ether oxygens (including phenoxy) is 8. The number of methoxy groups -OCH3 is 8. The van der Waals surface area contributed by atoms with Gasteiger partial charge in [-0.1, -0.05) is 36.4 Å². The Bertz CT molecular complexity index is 5640. The summed E-state index contributed by atoms with van der Waals surface area (Å²) >= 11 is 4.30. The van der Waals surface area contributed by atoms with E-state index >= 15 is 0 Å². The van der Waals surface area contributed by atoms with E-state index in [2.05, 4.69) is 46.9 Å². The number of thiazole rings is 3. The minimum absolute atomic E-state index is 0.00521. The normalized spacial score (nSPS) is 18.1. The van der Waals surface area contributed by atoms with E-state index < -0.39 is 30.2 Å². The van der Waals surface area contributed by atoms with Crippen LogP contribution in [0.15, 0.2) is 146 Å². The minimum Gasteiger partial charge on any atom is -0.497 e. The molecule has 0 saturated carbocycles. The summed E-state index contributed by atoms with van der Waals surface area (Å²) in [5.41, 5.74) is 6.26. The molecule has 6 amide bonds. The number of hydrogen-bond donors (Lipinski definition) is 8. The topological polar surface area (TPSA) is 404 Å². The highest BCUT2D eigenvalue weighted by Gasteiger charge is 2.41. The number of carbonyl (C=O) groups is 9. The average Bonchev–Trinajstić information content (AvgIpc) is 1.64. The van der Waals surface area contributed by atoms with E-state index in [1.807, 2.05) is 161 Å². The zero-order chi connectivity index (χ0) is 97.8. The van der Waals surface area contributed by atoms with Crippen molar-refractivity contribution in [3.8, 4) is 46.0 Å². The summed E-state index contributed by atoms with van der Waals surface area (Å²) < 4.78 is 45.7. The van der Waals surface area contributed by atoms with Crippen LogP contribution in [0.1, 0.15) is 117 Å². The highest BCUT2D eigenvalue weighted by molar-refractivity contribution is 7.20. The number of nitrogens with one attached hydrogen (secondary N) is 6. The van der Waals surface area contributed by atoms with Crippen molar-refractivity contribution in [3.63, 3.8) is 0 Å². The van der Waals surface area contributed by atoms with Crippen molar-refractivity contribution in [2.75, 3.05) is 139 Å². The van der Waals surface area contributed by atoms with Gasteiger partial charge in [0.15, 0.2) is 10.0 Å². The van der Waals surface area contributed by atoms with E-state index in [0.717, 1.165) is 84.3 Å². The Morgan fingerprint density at radius 1 is 0.412 bits per heavy atom. The maximum Gasteiger partial charge on any atom is 0.320 e. The number of amides is 6. The van der Waals surface area contributed by atoms with Gasteiger partial charge in [-0.15, -0.1) is 34.0 Å². The number of rotatable bonds is 40. The van der Waals surface area contributed by atoms with E-state index in [9.17, 15) is 48.3 Å². The number of likely N-dealkylation sites (N-methyl/N-ethyl adjacent to an activating group) is 6. The van der Waals surface area contributed by atoms with Crippen molar-refractivity contribution < 1.29 is 96.1 Å². The number of aliphatic carboxylic acids is 1. The summed E-state index contributed by atoms with van der Waals surface area (Å²) in [5.74, 6) is 3.79. The molecule has 7 aromatic carbocycles. The molecule has 10 aromatic rings.